The first-order chi connectivity index (χ1) is 21.7. The highest BCUT2D eigenvalue weighted by Crippen LogP contribution is 2.27. The van der Waals surface area contributed by atoms with E-state index in [4.69, 9.17) is 0 Å². The number of carbonyl (C=O) groups is 2. The summed E-state index contributed by atoms with van der Waals surface area (Å²) >= 11 is 3.47. The fourth-order valence-electron chi connectivity index (χ4n) is 5.07. The summed E-state index contributed by atoms with van der Waals surface area (Å²) in [4.78, 5) is 30.1. The van der Waals surface area contributed by atoms with Gasteiger partial charge in [-0.25, -0.2) is 8.42 Å². The molecule has 1 N–H and O–H groups in total. The molecule has 0 aliphatic heterocycles. The fourth-order valence-corrected chi connectivity index (χ4v) is 6.77. The Labute approximate surface area is 281 Å². The lowest BCUT2D eigenvalue weighted by molar-refractivity contribution is -0.140. The minimum atomic E-state index is -4.15. The van der Waals surface area contributed by atoms with Crippen molar-refractivity contribution in [2.75, 3.05) is 10.8 Å². The number of rotatable bonds is 12. The summed E-state index contributed by atoms with van der Waals surface area (Å²) in [6, 6.07) is 31.4. The molecular formula is C37H42BrN3O4S. The first-order valence-electron chi connectivity index (χ1n) is 15.3. The molecule has 2 amide bonds. The lowest BCUT2D eigenvalue weighted by Gasteiger charge is -2.35. The van der Waals surface area contributed by atoms with Crippen LogP contribution in [0.3, 0.4) is 0 Å². The van der Waals surface area contributed by atoms with Gasteiger partial charge < -0.3 is 10.2 Å². The van der Waals surface area contributed by atoms with Gasteiger partial charge in [0.1, 0.15) is 12.6 Å². The second-order valence-electron chi connectivity index (χ2n) is 12.7. The number of nitrogens with zero attached hydrogens (tertiary/aromatic N) is 2. The van der Waals surface area contributed by atoms with Crippen LogP contribution in [0.25, 0.3) is 0 Å². The maximum absolute atomic E-state index is 14.6. The third kappa shape index (κ3) is 9.30. The number of benzene rings is 4. The molecule has 0 aliphatic carbocycles. The number of hydrogen-bond acceptors (Lipinski definition) is 4. The lowest BCUT2D eigenvalue weighted by atomic mass is 10.0. The number of sulfonamides is 1. The van der Waals surface area contributed by atoms with Crippen molar-refractivity contribution in [3.8, 4) is 0 Å². The van der Waals surface area contributed by atoms with E-state index >= 15 is 0 Å². The van der Waals surface area contributed by atoms with Crippen LogP contribution >= 0.6 is 15.9 Å². The number of carbonyl (C=O) groups excluding carboxylic acids is 2. The maximum atomic E-state index is 14.6. The van der Waals surface area contributed by atoms with Crippen LogP contribution in [0.4, 0.5) is 5.69 Å². The van der Waals surface area contributed by atoms with Gasteiger partial charge >= 0.3 is 0 Å². The van der Waals surface area contributed by atoms with Crippen LogP contribution in [0.2, 0.25) is 0 Å². The standard InChI is InChI=1S/C37H42BrN3O4S/c1-27(2)30-18-22-32(23-19-30)41(46(44,45)33-14-10-7-11-15-33)26-35(42)40(25-29-16-20-31(38)21-17-29)34(36(43)39-37(3,4)5)24-28-12-8-6-9-13-28/h6-23,27,34H,24-26H2,1-5H3,(H,39,43)/t34-/m0/s1. The SMILES string of the molecule is CC(C)c1ccc(N(CC(=O)N(Cc2ccc(Br)cc2)[C@@H](Cc2ccccc2)C(=O)NC(C)(C)C)S(=O)(=O)c2ccccc2)cc1. The molecule has 0 radical (unpaired) electrons. The summed E-state index contributed by atoms with van der Waals surface area (Å²) in [5.74, 6) is -0.572. The average molecular weight is 705 g/mol. The molecule has 0 saturated carbocycles. The zero-order valence-electron chi connectivity index (χ0n) is 27.0. The fraction of sp³-hybridized carbons (Fsp3) is 0.297. The van der Waals surface area contributed by atoms with E-state index in [1.807, 2.05) is 87.5 Å². The zero-order chi connectivity index (χ0) is 33.5. The average Bonchev–Trinajstić information content (AvgIpc) is 3.02. The van der Waals surface area contributed by atoms with Crippen molar-refractivity contribution in [3.63, 3.8) is 0 Å². The zero-order valence-corrected chi connectivity index (χ0v) is 29.4. The van der Waals surface area contributed by atoms with E-state index in [0.717, 1.165) is 25.5 Å². The normalized spacial score (nSPS) is 12.4. The topological polar surface area (TPSA) is 86.8 Å². The summed E-state index contributed by atoms with van der Waals surface area (Å²) in [7, 11) is -4.15. The Kier molecular flexibility index (Phi) is 11.5. The molecule has 0 saturated heterocycles. The molecular weight excluding hydrogens is 662 g/mol. The molecule has 1 atom stereocenters. The monoisotopic (exact) mass is 703 g/mol. The summed E-state index contributed by atoms with van der Waals surface area (Å²) in [5, 5.41) is 3.06. The van der Waals surface area contributed by atoms with E-state index < -0.39 is 34.1 Å². The molecule has 0 fully saturated rings. The van der Waals surface area contributed by atoms with Crippen molar-refractivity contribution in [1.82, 2.24) is 10.2 Å². The van der Waals surface area contributed by atoms with Gasteiger partial charge in [0, 0.05) is 23.0 Å². The summed E-state index contributed by atoms with van der Waals surface area (Å²) in [6.45, 7) is 9.40. The highest BCUT2D eigenvalue weighted by Gasteiger charge is 2.35. The maximum Gasteiger partial charge on any atom is 0.264 e. The number of halogens is 1. The van der Waals surface area contributed by atoms with Gasteiger partial charge in [-0.3, -0.25) is 13.9 Å². The second-order valence-corrected chi connectivity index (χ2v) is 15.4. The van der Waals surface area contributed by atoms with E-state index in [1.165, 1.54) is 17.0 Å². The third-order valence-electron chi connectivity index (χ3n) is 7.49. The summed E-state index contributed by atoms with van der Waals surface area (Å²) < 4.78 is 30.3. The van der Waals surface area contributed by atoms with Crippen molar-refractivity contribution in [3.05, 3.63) is 130 Å². The Bertz CT molecular complexity index is 1700. The van der Waals surface area contributed by atoms with Gasteiger partial charge in [-0.05, 0) is 79.8 Å². The quantitative estimate of drug-likeness (QED) is 0.168. The Hall–Kier alpha value is -3.95. The highest BCUT2D eigenvalue weighted by atomic mass is 79.9. The van der Waals surface area contributed by atoms with Crippen LogP contribution in [0.1, 0.15) is 57.2 Å². The van der Waals surface area contributed by atoms with E-state index in [-0.39, 0.29) is 29.7 Å². The van der Waals surface area contributed by atoms with Crippen LogP contribution in [0, 0.1) is 0 Å². The highest BCUT2D eigenvalue weighted by molar-refractivity contribution is 9.10. The predicted molar refractivity (Wildman–Crippen MR) is 188 cm³/mol. The van der Waals surface area contributed by atoms with Crippen LogP contribution in [0.5, 0.6) is 0 Å². The molecule has 0 heterocycles. The third-order valence-corrected chi connectivity index (χ3v) is 9.81. The van der Waals surface area contributed by atoms with Crippen LogP contribution in [-0.2, 0) is 32.6 Å². The van der Waals surface area contributed by atoms with Crippen molar-refractivity contribution in [2.45, 2.75) is 70.0 Å². The largest absolute Gasteiger partial charge is 0.350 e. The molecule has 46 heavy (non-hydrogen) atoms. The van der Waals surface area contributed by atoms with Gasteiger partial charge in [0.25, 0.3) is 10.0 Å². The Morgan fingerprint density at radius 1 is 0.783 bits per heavy atom. The number of anilines is 1. The smallest absolute Gasteiger partial charge is 0.264 e. The molecule has 0 spiro atoms. The Morgan fingerprint density at radius 2 is 1.35 bits per heavy atom. The van der Waals surface area contributed by atoms with E-state index in [1.54, 1.807) is 30.3 Å². The lowest BCUT2D eigenvalue weighted by Crippen LogP contribution is -2.56. The number of hydrogen-bond donors (Lipinski definition) is 1. The first-order valence-corrected chi connectivity index (χ1v) is 17.6. The van der Waals surface area contributed by atoms with Gasteiger partial charge in [0.2, 0.25) is 11.8 Å². The van der Waals surface area contributed by atoms with E-state index in [0.29, 0.717) is 5.69 Å². The van der Waals surface area contributed by atoms with Gasteiger partial charge in [-0.2, -0.15) is 0 Å². The molecule has 242 valence electrons. The second kappa shape index (κ2) is 15.1. The van der Waals surface area contributed by atoms with Gasteiger partial charge in [-0.15, -0.1) is 0 Å². The van der Waals surface area contributed by atoms with Crippen LogP contribution in [0.15, 0.2) is 119 Å². The van der Waals surface area contributed by atoms with Gasteiger partial charge in [0.15, 0.2) is 0 Å². The summed E-state index contributed by atoms with van der Waals surface area (Å²) in [5.41, 5.74) is 2.54. The molecule has 4 rings (SSSR count). The molecule has 7 nitrogen and oxygen atoms in total. The Morgan fingerprint density at radius 3 is 1.89 bits per heavy atom. The minimum Gasteiger partial charge on any atom is -0.350 e. The Balaban J connectivity index is 1.81. The molecule has 9 heteroatoms. The van der Waals surface area contributed by atoms with Crippen molar-refractivity contribution < 1.29 is 18.0 Å². The molecule has 4 aromatic carbocycles. The summed E-state index contributed by atoms with van der Waals surface area (Å²) in [6.07, 6.45) is 0.250. The molecule has 4 aromatic rings. The van der Waals surface area contributed by atoms with E-state index in [9.17, 15) is 18.0 Å². The number of amides is 2. The van der Waals surface area contributed by atoms with Crippen LogP contribution < -0.4 is 9.62 Å². The number of nitrogens with one attached hydrogen (secondary N) is 1. The molecule has 0 unspecified atom stereocenters. The molecule has 0 aliphatic rings. The minimum absolute atomic E-state index is 0.0708. The van der Waals surface area contributed by atoms with Crippen molar-refractivity contribution in [2.24, 2.45) is 0 Å². The molecule has 0 aromatic heterocycles. The van der Waals surface area contributed by atoms with E-state index in [2.05, 4.69) is 35.1 Å². The van der Waals surface area contributed by atoms with Crippen molar-refractivity contribution >= 4 is 43.5 Å². The van der Waals surface area contributed by atoms with Crippen molar-refractivity contribution in [1.29, 1.82) is 0 Å². The predicted octanol–water partition coefficient (Wildman–Crippen LogP) is 7.32. The van der Waals surface area contributed by atoms with Crippen LogP contribution in [-0.4, -0.2) is 43.3 Å². The molecule has 0 bridgehead atoms. The van der Waals surface area contributed by atoms with Gasteiger partial charge in [-0.1, -0.05) is 103 Å². The first kappa shape index (κ1) is 34.9. The van der Waals surface area contributed by atoms with Gasteiger partial charge in [0.05, 0.1) is 10.6 Å².